The maximum atomic E-state index is 5.72. The molecule has 0 saturated carbocycles. The van der Waals surface area contributed by atoms with Gasteiger partial charge in [-0.15, -0.1) is 0 Å². The minimum Gasteiger partial charge on any atom is -0.468 e. The van der Waals surface area contributed by atoms with Crippen LogP contribution >= 0.6 is 0 Å². The molecule has 0 aromatic carbocycles. The monoisotopic (exact) mass is 363 g/mol. The Labute approximate surface area is 158 Å². The molecule has 148 valence electrons. The maximum absolute atomic E-state index is 5.72. The van der Waals surface area contributed by atoms with Crippen LogP contribution in [0, 0.1) is 0 Å². The van der Waals surface area contributed by atoms with Crippen LogP contribution in [0.4, 0.5) is 0 Å². The molecule has 2 heterocycles. The largest absolute Gasteiger partial charge is 0.468 e. The van der Waals surface area contributed by atoms with E-state index in [0.717, 1.165) is 44.4 Å². The zero-order chi connectivity index (χ0) is 18.8. The van der Waals surface area contributed by atoms with E-state index >= 15 is 0 Å². The summed E-state index contributed by atoms with van der Waals surface area (Å²) >= 11 is 0. The van der Waals surface area contributed by atoms with Crippen molar-refractivity contribution in [3.8, 4) is 0 Å². The number of hydrogen-bond acceptors (Lipinski definition) is 4. The molecular formula is C20H37N5O. The van der Waals surface area contributed by atoms with Gasteiger partial charge in [0.25, 0.3) is 0 Å². The number of aliphatic imine (C=N–C) groups is 1. The fourth-order valence-corrected chi connectivity index (χ4v) is 3.23. The van der Waals surface area contributed by atoms with E-state index in [9.17, 15) is 0 Å². The highest BCUT2D eigenvalue weighted by Crippen LogP contribution is 2.25. The summed E-state index contributed by atoms with van der Waals surface area (Å²) in [6.45, 7) is 14.2. The lowest BCUT2D eigenvalue weighted by Crippen LogP contribution is -2.45. The topological polar surface area (TPSA) is 64.8 Å². The molecule has 0 bridgehead atoms. The van der Waals surface area contributed by atoms with Gasteiger partial charge in [-0.05, 0) is 65.8 Å². The first kappa shape index (κ1) is 20.8. The smallest absolute Gasteiger partial charge is 0.191 e. The minimum atomic E-state index is 0.135. The Morgan fingerprint density at radius 1 is 1.19 bits per heavy atom. The van der Waals surface area contributed by atoms with Crippen molar-refractivity contribution in [1.82, 2.24) is 20.9 Å². The number of nitrogens with one attached hydrogen (secondary N) is 3. The van der Waals surface area contributed by atoms with Gasteiger partial charge in [0.2, 0.25) is 0 Å². The van der Waals surface area contributed by atoms with Gasteiger partial charge in [0.15, 0.2) is 5.96 Å². The molecular weight excluding hydrogens is 326 g/mol. The van der Waals surface area contributed by atoms with E-state index in [-0.39, 0.29) is 11.6 Å². The molecule has 0 amide bonds. The van der Waals surface area contributed by atoms with Gasteiger partial charge < -0.3 is 20.4 Å². The molecule has 6 nitrogen and oxygen atoms in total. The molecule has 1 aliphatic heterocycles. The molecule has 3 N–H and O–H groups in total. The lowest BCUT2D eigenvalue weighted by molar-refractivity contribution is 0.150. The summed E-state index contributed by atoms with van der Waals surface area (Å²) in [5.74, 6) is 1.89. The highest BCUT2D eigenvalue weighted by Gasteiger charge is 2.24. The molecule has 6 heteroatoms. The molecule has 0 spiro atoms. The number of furan rings is 1. The van der Waals surface area contributed by atoms with Gasteiger partial charge in [-0.25, -0.2) is 0 Å². The number of guanidine groups is 1. The third-order valence-corrected chi connectivity index (χ3v) is 4.54. The van der Waals surface area contributed by atoms with E-state index in [1.807, 2.05) is 6.07 Å². The number of likely N-dealkylation sites (tertiary alicyclic amines) is 1. The van der Waals surface area contributed by atoms with Gasteiger partial charge in [-0.2, -0.15) is 0 Å². The van der Waals surface area contributed by atoms with E-state index < -0.39 is 0 Å². The van der Waals surface area contributed by atoms with Crippen molar-refractivity contribution in [3.05, 3.63) is 24.2 Å². The van der Waals surface area contributed by atoms with E-state index in [2.05, 4.69) is 54.6 Å². The minimum absolute atomic E-state index is 0.135. The molecule has 1 fully saturated rings. The van der Waals surface area contributed by atoms with E-state index in [0.29, 0.717) is 6.54 Å². The summed E-state index contributed by atoms with van der Waals surface area (Å²) in [5, 5.41) is 10.3. The molecule has 0 aliphatic carbocycles. The SMILES string of the molecule is CCNC(=NCC(c1ccco1)N1CCCCC1)NCCNC(C)(C)C. The van der Waals surface area contributed by atoms with E-state index in [1.165, 1.54) is 19.3 Å². The molecule has 26 heavy (non-hydrogen) atoms. The summed E-state index contributed by atoms with van der Waals surface area (Å²) in [5.41, 5.74) is 0.135. The van der Waals surface area contributed by atoms with Gasteiger partial charge >= 0.3 is 0 Å². The molecule has 1 unspecified atom stereocenters. The van der Waals surface area contributed by atoms with Gasteiger partial charge in [0.1, 0.15) is 5.76 Å². The first-order valence-corrected chi connectivity index (χ1v) is 10.0. The first-order valence-electron chi connectivity index (χ1n) is 10.0. The Hall–Kier alpha value is -1.53. The molecule has 0 radical (unpaired) electrons. The van der Waals surface area contributed by atoms with Crippen LogP contribution in [0.1, 0.15) is 58.8 Å². The second-order valence-corrected chi connectivity index (χ2v) is 7.95. The first-order chi connectivity index (χ1) is 12.5. The van der Waals surface area contributed by atoms with Crippen molar-refractivity contribution < 1.29 is 4.42 Å². The number of rotatable bonds is 8. The van der Waals surface area contributed by atoms with Crippen LogP contribution in [0.3, 0.4) is 0 Å². The lowest BCUT2D eigenvalue weighted by Gasteiger charge is -2.32. The number of piperidine rings is 1. The van der Waals surface area contributed by atoms with Crippen LogP contribution in [0.15, 0.2) is 27.8 Å². The Bertz CT molecular complexity index is 515. The Morgan fingerprint density at radius 2 is 1.96 bits per heavy atom. The average Bonchev–Trinajstić information content (AvgIpc) is 3.13. The maximum Gasteiger partial charge on any atom is 0.191 e. The number of nitrogens with zero attached hydrogens (tertiary/aromatic N) is 2. The molecule has 1 atom stereocenters. The standard InChI is InChI=1S/C20H37N5O/c1-5-21-19(22-11-12-24-20(2,3)4)23-16-17(18-10-9-15-26-18)25-13-7-6-8-14-25/h9-10,15,17,24H,5-8,11-14,16H2,1-4H3,(H2,21,22,23). The van der Waals surface area contributed by atoms with Crippen molar-refractivity contribution in [2.75, 3.05) is 39.3 Å². The molecule has 1 aromatic rings. The third kappa shape index (κ3) is 7.38. The van der Waals surface area contributed by atoms with Crippen LogP contribution in [0.5, 0.6) is 0 Å². The molecule has 1 aromatic heterocycles. The molecule has 2 rings (SSSR count). The predicted octanol–water partition coefficient (Wildman–Crippen LogP) is 2.75. The fraction of sp³-hybridized carbons (Fsp3) is 0.750. The van der Waals surface area contributed by atoms with Crippen molar-refractivity contribution >= 4 is 5.96 Å². The zero-order valence-electron chi connectivity index (χ0n) is 17.0. The van der Waals surface area contributed by atoms with Crippen LogP contribution in [-0.2, 0) is 0 Å². The van der Waals surface area contributed by atoms with Gasteiger partial charge in [0.05, 0.1) is 18.8 Å². The normalized spacial score (nSPS) is 17.9. The second kappa shape index (κ2) is 10.6. The lowest BCUT2D eigenvalue weighted by atomic mass is 10.1. The highest BCUT2D eigenvalue weighted by molar-refractivity contribution is 5.79. The molecule has 1 saturated heterocycles. The summed E-state index contributed by atoms with van der Waals surface area (Å²) in [6, 6.07) is 4.26. The van der Waals surface area contributed by atoms with Gasteiger partial charge in [-0.3, -0.25) is 9.89 Å². The van der Waals surface area contributed by atoms with Crippen molar-refractivity contribution in [1.29, 1.82) is 0 Å². The fourth-order valence-electron chi connectivity index (χ4n) is 3.23. The van der Waals surface area contributed by atoms with Crippen molar-refractivity contribution in [2.24, 2.45) is 4.99 Å². The predicted molar refractivity (Wildman–Crippen MR) is 109 cm³/mol. The summed E-state index contributed by atoms with van der Waals surface area (Å²) < 4.78 is 5.72. The summed E-state index contributed by atoms with van der Waals surface area (Å²) in [7, 11) is 0. The summed E-state index contributed by atoms with van der Waals surface area (Å²) in [4.78, 5) is 7.35. The van der Waals surface area contributed by atoms with Gasteiger partial charge in [-0.1, -0.05) is 6.42 Å². The van der Waals surface area contributed by atoms with Crippen molar-refractivity contribution in [2.45, 2.75) is 58.5 Å². The van der Waals surface area contributed by atoms with Crippen LogP contribution < -0.4 is 16.0 Å². The number of hydrogen-bond donors (Lipinski definition) is 3. The van der Waals surface area contributed by atoms with Crippen LogP contribution in [0.2, 0.25) is 0 Å². The average molecular weight is 364 g/mol. The molecule has 1 aliphatic rings. The highest BCUT2D eigenvalue weighted by atomic mass is 16.3. The quantitative estimate of drug-likeness (QED) is 0.377. The van der Waals surface area contributed by atoms with Gasteiger partial charge in [0, 0.05) is 25.2 Å². The summed E-state index contributed by atoms with van der Waals surface area (Å²) in [6.07, 6.45) is 5.61. The Kier molecular flexibility index (Phi) is 8.45. The van der Waals surface area contributed by atoms with Crippen LogP contribution in [-0.4, -0.2) is 55.7 Å². The van der Waals surface area contributed by atoms with Crippen molar-refractivity contribution in [3.63, 3.8) is 0 Å². The van der Waals surface area contributed by atoms with E-state index in [4.69, 9.17) is 9.41 Å². The van der Waals surface area contributed by atoms with E-state index in [1.54, 1.807) is 6.26 Å². The Morgan fingerprint density at radius 3 is 2.58 bits per heavy atom. The Balaban J connectivity index is 1.94. The zero-order valence-corrected chi connectivity index (χ0v) is 17.0. The third-order valence-electron chi connectivity index (χ3n) is 4.54. The van der Waals surface area contributed by atoms with Crippen LogP contribution in [0.25, 0.3) is 0 Å². The second-order valence-electron chi connectivity index (χ2n) is 7.95.